The fraction of sp³-hybridized carbons (Fsp3) is 0.417. The number of aromatic nitrogens is 2. The van der Waals surface area contributed by atoms with E-state index in [0.29, 0.717) is 12.5 Å². The standard InChI is InChI=1S/C12H17N3O2/c1-5-6-15(12(2,3)4)11-13-7-9(8-14-11)10(16)17/h5,7-8H,1,6H2,2-4H3,(H,16,17). The second-order valence-electron chi connectivity index (χ2n) is 4.65. The van der Waals surface area contributed by atoms with Crippen LogP contribution in [0.15, 0.2) is 25.0 Å². The fourth-order valence-electron chi connectivity index (χ4n) is 1.36. The highest BCUT2D eigenvalue weighted by molar-refractivity contribution is 5.86. The molecule has 1 aromatic rings. The molecule has 0 atom stereocenters. The summed E-state index contributed by atoms with van der Waals surface area (Å²) in [7, 11) is 0. The van der Waals surface area contributed by atoms with Crippen molar-refractivity contribution in [2.75, 3.05) is 11.4 Å². The summed E-state index contributed by atoms with van der Waals surface area (Å²) in [6, 6.07) is 0. The third-order valence-electron chi connectivity index (χ3n) is 2.25. The predicted octanol–water partition coefficient (Wildman–Crippen LogP) is 1.97. The summed E-state index contributed by atoms with van der Waals surface area (Å²) < 4.78 is 0. The van der Waals surface area contributed by atoms with Crippen molar-refractivity contribution in [2.45, 2.75) is 26.3 Å². The number of nitrogens with zero attached hydrogens (tertiary/aromatic N) is 3. The normalized spacial score (nSPS) is 11.0. The Balaban J connectivity index is 3.03. The lowest BCUT2D eigenvalue weighted by Gasteiger charge is -2.34. The van der Waals surface area contributed by atoms with Gasteiger partial charge < -0.3 is 10.0 Å². The van der Waals surface area contributed by atoms with Gasteiger partial charge in [0.2, 0.25) is 5.95 Å². The zero-order valence-corrected chi connectivity index (χ0v) is 10.3. The summed E-state index contributed by atoms with van der Waals surface area (Å²) in [5.41, 5.74) is -0.0694. The summed E-state index contributed by atoms with van der Waals surface area (Å²) in [4.78, 5) is 20.8. The first-order chi connectivity index (χ1) is 7.86. The molecule has 1 heterocycles. The molecule has 0 fully saturated rings. The van der Waals surface area contributed by atoms with Gasteiger partial charge in [-0.2, -0.15) is 0 Å². The Bertz CT molecular complexity index is 407. The van der Waals surface area contributed by atoms with Crippen molar-refractivity contribution in [2.24, 2.45) is 0 Å². The van der Waals surface area contributed by atoms with E-state index in [1.807, 2.05) is 25.7 Å². The van der Waals surface area contributed by atoms with Gasteiger partial charge in [-0.1, -0.05) is 6.08 Å². The lowest BCUT2D eigenvalue weighted by Crippen LogP contribution is -2.42. The first-order valence-electron chi connectivity index (χ1n) is 5.30. The smallest absolute Gasteiger partial charge is 0.338 e. The van der Waals surface area contributed by atoms with E-state index in [0.717, 1.165) is 0 Å². The number of hydrogen-bond acceptors (Lipinski definition) is 4. The van der Waals surface area contributed by atoms with Crippen molar-refractivity contribution in [3.8, 4) is 0 Å². The number of anilines is 1. The average molecular weight is 235 g/mol. The van der Waals surface area contributed by atoms with Crippen LogP contribution in [0.5, 0.6) is 0 Å². The topological polar surface area (TPSA) is 66.3 Å². The van der Waals surface area contributed by atoms with Crippen LogP contribution in [0.1, 0.15) is 31.1 Å². The van der Waals surface area contributed by atoms with E-state index < -0.39 is 5.97 Å². The zero-order valence-electron chi connectivity index (χ0n) is 10.3. The maximum atomic E-state index is 10.7. The van der Waals surface area contributed by atoms with Gasteiger partial charge in [0.05, 0.1) is 5.56 Å². The molecule has 17 heavy (non-hydrogen) atoms. The second-order valence-corrected chi connectivity index (χ2v) is 4.65. The number of carboxylic acids is 1. The maximum absolute atomic E-state index is 10.7. The highest BCUT2D eigenvalue weighted by Crippen LogP contribution is 2.19. The van der Waals surface area contributed by atoms with Crippen LogP contribution in [0, 0.1) is 0 Å². The minimum Gasteiger partial charge on any atom is -0.478 e. The molecule has 0 aliphatic heterocycles. The van der Waals surface area contributed by atoms with Gasteiger partial charge in [0, 0.05) is 24.5 Å². The third kappa shape index (κ3) is 3.27. The van der Waals surface area contributed by atoms with E-state index in [1.165, 1.54) is 12.4 Å². The molecule has 1 N–H and O–H groups in total. The molecule has 0 saturated heterocycles. The molecule has 0 aromatic carbocycles. The molecular formula is C12H17N3O2. The van der Waals surface area contributed by atoms with Crippen LogP contribution in [0.3, 0.4) is 0 Å². The molecule has 1 aromatic heterocycles. The van der Waals surface area contributed by atoms with E-state index in [4.69, 9.17) is 5.11 Å². The lowest BCUT2D eigenvalue weighted by molar-refractivity contribution is 0.0696. The Morgan fingerprint density at radius 3 is 2.35 bits per heavy atom. The Labute approximate surface area is 101 Å². The molecule has 0 aliphatic rings. The van der Waals surface area contributed by atoms with Gasteiger partial charge >= 0.3 is 5.97 Å². The van der Waals surface area contributed by atoms with E-state index in [2.05, 4.69) is 16.5 Å². The second kappa shape index (κ2) is 4.95. The quantitative estimate of drug-likeness (QED) is 0.808. The predicted molar refractivity (Wildman–Crippen MR) is 66.3 cm³/mol. The zero-order chi connectivity index (χ0) is 13.1. The van der Waals surface area contributed by atoms with Crippen molar-refractivity contribution >= 4 is 11.9 Å². The van der Waals surface area contributed by atoms with E-state index in [-0.39, 0.29) is 11.1 Å². The molecule has 0 unspecified atom stereocenters. The highest BCUT2D eigenvalue weighted by Gasteiger charge is 2.22. The SMILES string of the molecule is C=CCN(c1ncc(C(=O)O)cn1)C(C)(C)C. The Morgan fingerprint density at radius 1 is 1.47 bits per heavy atom. The van der Waals surface area contributed by atoms with Crippen LogP contribution < -0.4 is 4.90 Å². The lowest BCUT2D eigenvalue weighted by atomic mass is 10.1. The Morgan fingerprint density at radius 2 is 2.00 bits per heavy atom. The van der Waals surface area contributed by atoms with Gasteiger partial charge in [0.25, 0.3) is 0 Å². The van der Waals surface area contributed by atoms with E-state index >= 15 is 0 Å². The largest absolute Gasteiger partial charge is 0.478 e. The minimum atomic E-state index is -1.03. The van der Waals surface area contributed by atoms with Crippen LogP contribution >= 0.6 is 0 Å². The molecule has 0 saturated carbocycles. The van der Waals surface area contributed by atoms with Crippen molar-refractivity contribution in [1.29, 1.82) is 0 Å². The number of carboxylic acid groups (broad SMARTS) is 1. The molecule has 0 radical (unpaired) electrons. The van der Waals surface area contributed by atoms with Crippen molar-refractivity contribution in [1.82, 2.24) is 9.97 Å². The number of rotatable bonds is 4. The van der Waals surface area contributed by atoms with E-state index in [9.17, 15) is 4.79 Å². The fourth-order valence-corrected chi connectivity index (χ4v) is 1.36. The third-order valence-corrected chi connectivity index (χ3v) is 2.25. The summed E-state index contributed by atoms with van der Waals surface area (Å²) in [5, 5.41) is 8.77. The molecule has 0 aliphatic carbocycles. The molecule has 5 nitrogen and oxygen atoms in total. The Hall–Kier alpha value is -1.91. The monoisotopic (exact) mass is 235 g/mol. The molecule has 92 valence electrons. The molecule has 0 amide bonds. The van der Waals surface area contributed by atoms with Gasteiger partial charge in [-0.05, 0) is 20.8 Å². The number of carbonyl (C=O) groups is 1. The van der Waals surface area contributed by atoms with Crippen LogP contribution in [0.4, 0.5) is 5.95 Å². The van der Waals surface area contributed by atoms with Crippen molar-refractivity contribution in [3.05, 3.63) is 30.6 Å². The average Bonchev–Trinajstić information content (AvgIpc) is 2.24. The minimum absolute atomic E-state index is 0.0845. The molecule has 0 spiro atoms. The van der Waals surface area contributed by atoms with Gasteiger partial charge in [0.15, 0.2) is 0 Å². The van der Waals surface area contributed by atoms with E-state index in [1.54, 1.807) is 6.08 Å². The summed E-state index contributed by atoms with van der Waals surface area (Å²) in [6.07, 6.45) is 4.39. The molecule has 1 rings (SSSR count). The summed E-state index contributed by atoms with van der Waals surface area (Å²) in [5.74, 6) is -0.523. The first-order valence-corrected chi connectivity index (χ1v) is 5.30. The maximum Gasteiger partial charge on any atom is 0.338 e. The van der Waals surface area contributed by atoms with Crippen molar-refractivity contribution < 1.29 is 9.90 Å². The highest BCUT2D eigenvalue weighted by atomic mass is 16.4. The first kappa shape index (κ1) is 13.2. The van der Waals surface area contributed by atoms with Gasteiger partial charge in [-0.15, -0.1) is 6.58 Å². The number of hydrogen-bond donors (Lipinski definition) is 1. The van der Waals surface area contributed by atoms with Gasteiger partial charge in [-0.3, -0.25) is 0 Å². The molecular weight excluding hydrogens is 218 g/mol. The molecule has 5 heteroatoms. The summed E-state index contributed by atoms with van der Waals surface area (Å²) >= 11 is 0. The number of aromatic carboxylic acids is 1. The molecule has 0 bridgehead atoms. The van der Waals surface area contributed by atoms with Gasteiger partial charge in [0.1, 0.15) is 0 Å². The van der Waals surface area contributed by atoms with Crippen LogP contribution in [0.25, 0.3) is 0 Å². The van der Waals surface area contributed by atoms with Gasteiger partial charge in [-0.25, -0.2) is 14.8 Å². The summed E-state index contributed by atoms with van der Waals surface area (Å²) in [6.45, 7) is 10.4. The van der Waals surface area contributed by atoms with Crippen molar-refractivity contribution in [3.63, 3.8) is 0 Å². The van der Waals surface area contributed by atoms with Crippen LogP contribution in [-0.4, -0.2) is 33.1 Å². The van der Waals surface area contributed by atoms with Crippen LogP contribution in [-0.2, 0) is 0 Å². The Kier molecular flexibility index (Phi) is 3.83. The van der Waals surface area contributed by atoms with Crippen LogP contribution in [0.2, 0.25) is 0 Å².